The Kier molecular flexibility index (Phi) is 4.82. The Labute approximate surface area is 121 Å². The lowest BCUT2D eigenvalue weighted by Crippen LogP contribution is -2.13. The molecule has 1 fully saturated rings. The number of nitrogens with two attached hydrogens (primary N) is 1. The Balaban J connectivity index is 2.13. The first-order chi connectivity index (χ1) is 9.67. The lowest BCUT2D eigenvalue weighted by atomic mass is 10.1. The third-order valence-corrected chi connectivity index (χ3v) is 4.24. The maximum absolute atomic E-state index is 11.8. The van der Waals surface area contributed by atoms with Crippen LogP contribution in [0.1, 0.15) is 28.6 Å². The van der Waals surface area contributed by atoms with Crippen LogP contribution in [0.25, 0.3) is 0 Å². The monoisotopic (exact) mass is 295 g/mol. The molecule has 1 saturated heterocycles. The number of thiophene rings is 1. The topological polar surface area (TPSA) is 97.4 Å². The molecule has 0 bridgehead atoms. The summed E-state index contributed by atoms with van der Waals surface area (Å²) in [7, 11) is 0. The second-order valence-electron chi connectivity index (χ2n) is 4.49. The molecule has 1 atom stereocenters. The van der Waals surface area contributed by atoms with Crippen molar-refractivity contribution >= 4 is 28.0 Å². The summed E-state index contributed by atoms with van der Waals surface area (Å²) in [6, 6.07) is 2.04. The highest BCUT2D eigenvalue weighted by atomic mass is 32.1. The molecule has 0 aliphatic carbocycles. The lowest BCUT2D eigenvalue weighted by Gasteiger charge is -2.08. The zero-order valence-corrected chi connectivity index (χ0v) is 12.1. The summed E-state index contributed by atoms with van der Waals surface area (Å²) in [6.45, 7) is 4.21. The molecule has 0 aromatic carbocycles. The summed E-state index contributed by atoms with van der Waals surface area (Å²) >= 11 is 1.17. The van der Waals surface area contributed by atoms with Gasteiger partial charge in [0.2, 0.25) is 0 Å². The van der Waals surface area contributed by atoms with Gasteiger partial charge in [0, 0.05) is 19.1 Å². The predicted molar refractivity (Wildman–Crippen MR) is 76.8 cm³/mol. The summed E-state index contributed by atoms with van der Waals surface area (Å²) in [6.07, 6.45) is 1.00. The molecular formula is C13H17N3O3S. The highest BCUT2D eigenvalue weighted by Gasteiger charge is 2.23. The van der Waals surface area contributed by atoms with Crippen molar-refractivity contribution in [3.05, 3.63) is 10.4 Å². The molecule has 2 heterocycles. The normalized spacial score (nSPS) is 17.7. The summed E-state index contributed by atoms with van der Waals surface area (Å²) in [5, 5.41) is 13.0. The standard InChI is InChI=1S/C13H17N3O3S/c1-2-19-13(17)11-10(15)9(5-14)12(20-11)16-6-8-3-4-18-7-8/h8,16H,2-4,6-7,15H2,1H3. The quantitative estimate of drug-likeness (QED) is 0.804. The highest BCUT2D eigenvalue weighted by Crippen LogP contribution is 2.35. The third-order valence-electron chi connectivity index (χ3n) is 3.09. The fourth-order valence-corrected chi connectivity index (χ4v) is 2.98. The van der Waals surface area contributed by atoms with Crippen LogP contribution in [0.2, 0.25) is 0 Å². The van der Waals surface area contributed by atoms with Crippen LogP contribution in [0.4, 0.5) is 10.7 Å². The Morgan fingerprint density at radius 3 is 3.10 bits per heavy atom. The van der Waals surface area contributed by atoms with Crippen molar-refractivity contribution in [3.8, 4) is 6.07 Å². The van der Waals surface area contributed by atoms with Crippen LogP contribution < -0.4 is 11.1 Å². The molecule has 1 aliphatic heterocycles. The molecule has 20 heavy (non-hydrogen) atoms. The smallest absolute Gasteiger partial charge is 0.350 e. The molecule has 108 valence electrons. The van der Waals surface area contributed by atoms with Crippen LogP contribution >= 0.6 is 11.3 Å². The van der Waals surface area contributed by atoms with E-state index in [0.29, 0.717) is 23.0 Å². The number of ether oxygens (including phenoxy) is 2. The first-order valence-corrected chi connectivity index (χ1v) is 7.30. The first-order valence-electron chi connectivity index (χ1n) is 6.48. The number of nitriles is 1. The number of anilines is 2. The Morgan fingerprint density at radius 1 is 1.70 bits per heavy atom. The number of nitrogen functional groups attached to an aromatic ring is 1. The zero-order chi connectivity index (χ0) is 14.5. The molecule has 1 aromatic heterocycles. The molecule has 1 aromatic rings. The van der Waals surface area contributed by atoms with E-state index in [1.54, 1.807) is 6.92 Å². The van der Waals surface area contributed by atoms with E-state index in [1.807, 2.05) is 6.07 Å². The molecule has 1 aliphatic rings. The van der Waals surface area contributed by atoms with Gasteiger partial charge < -0.3 is 20.5 Å². The second kappa shape index (κ2) is 6.59. The van der Waals surface area contributed by atoms with E-state index in [-0.39, 0.29) is 17.2 Å². The van der Waals surface area contributed by atoms with Crippen molar-refractivity contribution in [2.75, 3.05) is 37.4 Å². The Hall–Kier alpha value is -1.78. The fraction of sp³-hybridized carbons (Fsp3) is 0.538. The van der Waals surface area contributed by atoms with E-state index in [0.717, 1.165) is 19.6 Å². The van der Waals surface area contributed by atoms with E-state index < -0.39 is 5.97 Å². The van der Waals surface area contributed by atoms with Gasteiger partial charge in [-0.05, 0) is 13.3 Å². The minimum Gasteiger partial charge on any atom is -0.462 e. The summed E-state index contributed by atoms with van der Waals surface area (Å²) in [5.74, 6) is -0.0559. The van der Waals surface area contributed by atoms with Gasteiger partial charge in [0.25, 0.3) is 0 Å². The summed E-state index contributed by atoms with van der Waals surface area (Å²) < 4.78 is 10.2. The molecule has 0 saturated carbocycles. The molecule has 6 nitrogen and oxygen atoms in total. The highest BCUT2D eigenvalue weighted by molar-refractivity contribution is 7.18. The van der Waals surface area contributed by atoms with Gasteiger partial charge in [-0.2, -0.15) is 5.26 Å². The lowest BCUT2D eigenvalue weighted by molar-refractivity contribution is 0.0533. The van der Waals surface area contributed by atoms with E-state index in [9.17, 15) is 10.1 Å². The van der Waals surface area contributed by atoms with Gasteiger partial charge in [0.1, 0.15) is 21.5 Å². The van der Waals surface area contributed by atoms with Crippen LogP contribution in [0, 0.1) is 17.2 Å². The molecule has 3 N–H and O–H groups in total. The maximum atomic E-state index is 11.8. The molecule has 0 amide bonds. The van der Waals surface area contributed by atoms with Crippen molar-refractivity contribution in [2.45, 2.75) is 13.3 Å². The number of carbonyl (C=O) groups excluding carboxylic acids is 1. The number of hydrogen-bond donors (Lipinski definition) is 2. The van der Waals surface area contributed by atoms with Gasteiger partial charge >= 0.3 is 5.97 Å². The molecule has 0 spiro atoms. The number of rotatable bonds is 5. The van der Waals surface area contributed by atoms with Gasteiger partial charge in [-0.1, -0.05) is 0 Å². The SMILES string of the molecule is CCOC(=O)c1sc(NCC2CCOC2)c(C#N)c1N. The summed E-state index contributed by atoms with van der Waals surface area (Å²) in [4.78, 5) is 12.0. The van der Waals surface area contributed by atoms with Crippen LogP contribution in [-0.4, -0.2) is 32.3 Å². The minimum absolute atomic E-state index is 0.195. The van der Waals surface area contributed by atoms with Crippen LogP contribution in [-0.2, 0) is 9.47 Å². The van der Waals surface area contributed by atoms with Crippen molar-refractivity contribution in [3.63, 3.8) is 0 Å². The number of hydrogen-bond acceptors (Lipinski definition) is 7. The van der Waals surface area contributed by atoms with Crippen molar-refractivity contribution in [1.82, 2.24) is 0 Å². The van der Waals surface area contributed by atoms with Crippen molar-refractivity contribution < 1.29 is 14.3 Å². The molecule has 0 radical (unpaired) electrons. The van der Waals surface area contributed by atoms with Crippen LogP contribution in [0.3, 0.4) is 0 Å². The molecular weight excluding hydrogens is 278 g/mol. The van der Waals surface area contributed by atoms with Gasteiger partial charge in [-0.3, -0.25) is 0 Å². The molecule has 7 heteroatoms. The average molecular weight is 295 g/mol. The number of nitrogens with zero attached hydrogens (tertiary/aromatic N) is 1. The summed E-state index contributed by atoms with van der Waals surface area (Å²) in [5.41, 5.74) is 6.36. The second-order valence-corrected chi connectivity index (χ2v) is 5.51. The van der Waals surface area contributed by atoms with E-state index in [4.69, 9.17) is 15.2 Å². The number of carbonyl (C=O) groups is 1. The van der Waals surface area contributed by atoms with Gasteiger partial charge in [-0.25, -0.2) is 4.79 Å². The van der Waals surface area contributed by atoms with Gasteiger partial charge in [0.05, 0.1) is 18.9 Å². The average Bonchev–Trinajstić information content (AvgIpc) is 3.04. The Bertz CT molecular complexity index is 530. The Morgan fingerprint density at radius 2 is 2.50 bits per heavy atom. The van der Waals surface area contributed by atoms with E-state index >= 15 is 0 Å². The van der Waals surface area contributed by atoms with Crippen LogP contribution in [0.15, 0.2) is 0 Å². The number of esters is 1. The third kappa shape index (κ3) is 3.03. The van der Waals surface area contributed by atoms with Crippen LogP contribution in [0.5, 0.6) is 0 Å². The predicted octanol–water partition coefficient (Wildman–Crippen LogP) is 1.83. The fourth-order valence-electron chi connectivity index (χ4n) is 2.01. The van der Waals surface area contributed by atoms with Gasteiger partial charge in [0.15, 0.2) is 0 Å². The van der Waals surface area contributed by atoms with Crippen molar-refractivity contribution in [1.29, 1.82) is 5.26 Å². The van der Waals surface area contributed by atoms with Crippen molar-refractivity contribution in [2.24, 2.45) is 5.92 Å². The zero-order valence-electron chi connectivity index (χ0n) is 11.3. The molecule has 2 rings (SSSR count). The van der Waals surface area contributed by atoms with Gasteiger partial charge in [-0.15, -0.1) is 11.3 Å². The minimum atomic E-state index is -0.483. The van der Waals surface area contributed by atoms with E-state index in [1.165, 1.54) is 11.3 Å². The first kappa shape index (κ1) is 14.6. The number of nitrogens with one attached hydrogen (secondary N) is 1. The van der Waals surface area contributed by atoms with E-state index in [2.05, 4.69) is 5.32 Å². The molecule has 1 unspecified atom stereocenters. The largest absolute Gasteiger partial charge is 0.462 e. The maximum Gasteiger partial charge on any atom is 0.350 e.